The lowest BCUT2D eigenvalue weighted by Crippen LogP contribution is -2.59. The number of aliphatic hydroxyl groups is 1. The van der Waals surface area contributed by atoms with Crippen LogP contribution in [0.3, 0.4) is 0 Å². The molecule has 0 spiro atoms. The summed E-state index contributed by atoms with van der Waals surface area (Å²) in [4.78, 5) is 12.8. The van der Waals surface area contributed by atoms with Gasteiger partial charge in [0.2, 0.25) is 0 Å². The Hall–Kier alpha value is -1.06. The number of amides is 1. The van der Waals surface area contributed by atoms with Crippen molar-refractivity contribution in [3.8, 4) is 0 Å². The van der Waals surface area contributed by atoms with E-state index in [1.165, 1.54) is 11.8 Å². The highest BCUT2D eigenvalue weighted by Crippen LogP contribution is 2.39. The fraction of sp³-hybridized carbons (Fsp3) is 0.632. The summed E-state index contributed by atoms with van der Waals surface area (Å²) >= 11 is 1.52. The Morgan fingerprint density at radius 1 is 1.26 bits per heavy atom. The molecule has 2 unspecified atom stereocenters. The zero-order chi connectivity index (χ0) is 19.8. The topological polar surface area (TPSA) is 77.0 Å². The van der Waals surface area contributed by atoms with Crippen LogP contribution in [0.25, 0.3) is 0 Å². The third-order valence-electron chi connectivity index (χ3n) is 5.61. The van der Waals surface area contributed by atoms with Crippen LogP contribution in [0.5, 0.6) is 0 Å². The van der Waals surface area contributed by atoms with Crippen molar-refractivity contribution in [3.05, 3.63) is 30.3 Å². The van der Waals surface area contributed by atoms with Crippen LogP contribution in [0.15, 0.2) is 35.2 Å². The first kappa shape index (κ1) is 20.7. The van der Waals surface area contributed by atoms with E-state index in [0.29, 0.717) is 0 Å². The lowest BCUT2D eigenvalue weighted by atomic mass is 9.99. The normalized spacial score (nSPS) is 31.2. The van der Waals surface area contributed by atoms with Crippen molar-refractivity contribution in [2.45, 2.75) is 73.6 Å². The summed E-state index contributed by atoms with van der Waals surface area (Å²) in [6.07, 6.45) is -2.63. The highest BCUT2D eigenvalue weighted by Gasteiger charge is 2.52. The van der Waals surface area contributed by atoms with Crippen LogP contribution in [0.2, 0.25) is 18.1 Å². The van der Waals surface area contributed by atoms with E-state index in [9.17, 15) is 9.90 Å². The molecule has 6 nitrogen and oxygen atoms in total. The minimum atomic E-state index is -1.98. The zero-order valence-electron chi connectivity index (χ0n) is 16.5. The van der Waals surface area contributed by atoms with Crippen molar-refractivity contribution in [2.24, 2.45) is 0 Å². The minimum absolute atomic E-state index is 0.0642. The van der Waals surface area contributed by atoms with Crippen LogP contribution in [0.1, 0.15) is 20.8 Å². The molecule has 0 aromatic heterocycles. The molecule has 2 aliphatic heterocycles. The fourth-order valence-corrected chi connectivity index (χ4v) is 5.05. The summed E-state index contributed by atoms with van der Waals surface area (Å²) in [5.41, 5.74) is -0.361. The highest BCUT2D eigenvalue weighted by atomic mass is 32.2. The third-order valence-corrected chi connectivity index (χ3v) is 11.3. The van der Waals surface area contributed by atoms with E-state index in [1.807, 2.05) is 30.3 Å². The van der Waals surface area contributed by atoms with Crippen molar-refractivity contribution < 1.29 is 23.8 Å². The van der Waals surface area contributed by atoms with Gasteiger partial charge in [-0.15, -0.1) is 0 Å². The molecule has 3 rings (SSSR count). The number of thioether (sulfide) groups is 1. The van der Waals surface area contributed by atoms with Crippen molar-refractivity contribution >= 4 is 26.2 Å². The number of alkyl carbamates (subject to hydrolysis) is 1. The number of hydrogen-bond acceptors (Lipinski definition) is 6. The second kappa shape index (κ2) is 7.75. The van der Waals surface area contributed by atoms with Gasteiger partial charge < -0.3 is 24.3 Å². The van der Waals surface area contributed by atoms with E-state index in [1.54, 1.807) is 0 Å². The number of benzene rings is 1. The molecule has 2 N–H and O–H groups in total. The first-order valence-electron chi connectivity index (χ1n) is 9.25. The van der Waals surface area contributed by atoms with Gasteiger partial charge in [0.1, 0.15) is 23.7 Å². The van der Waals surface area contributed by atoms with Crippen molar-refractivity contribution in [1.82, 2.24) is 5.32 Å². The van der Waals surface area contributed by atoms with Gasteiger partial charge in [-0.05, 0) is 30.3 Å². The molecule has 1 aromatic rings. The Bertz CT molecular complexity index is 666. The molecule has 27 heavy (non-hydrogen) atoms. The van der Waals surface area contributed by atoms with E-state index >= 15 is 0 Å². The Morgan fingerprint density at radius 3 is 2.56 bits per heavy atom. The zero-order valence-corrected chi connectivity index (χ0v) is 18.3. The molecule has 0 saturated carbocycles. The average molecular weight is 412 g/mol. The van der Waals surface area contributed by atoms with Gasteiger partial charge in [-0.2, -0.15) is 0 Å². The molecule has 2 aliphatic rings. The molecule has 0 radical (unpaired) electrons. The molecule has 2 saturated heterocycles. The fourth-order valence-electron chi connectivity index (χ4n) is 2.88. The lowest BCUT2D eigenvalue weighted by molar-refractivity contribution is -0.152. The Labute approximate surface area is 166 Å². The predicted molar refractivity (Wildman–Crippen MR) is 107 cm³/mol. The number of carbonyl (C=O) groups is 1. The summed E-state index contributed by atoms with van der Waals surface area (Å²) in [5.74, 6) is 0. The molecular formula is C19H29NO5SSi. The van der Waals surface area contributed by atoms with E-state index < -0.39 is 38.8 Å². The molecule has 8 heteroatoms. The van der Waals surface area contributed by atoms with Crippen molar-refractivity contribution in [3.63, 3.8) is 0 Å². The van der Waals surface area contributed by atoms with Crippen LogP contribution in [-0.2, 0) is 13.9 Å². The van der Waals surface area contributed by atoms with E-state index in [2.05, 4.69) is 39.2 Å². The second-order valence-electron chi connectivity index (χ2n) is 8.58. The van der Waals surface area contributed by atoms with Crippen LogP contribution < -0.4 is 5.32 Å². The SMILES string of the molecule is CC(C)(C)[Si](C)(C)OCC1O[C@H](Sc2ccccc2)[C@H]2NC(=O)O[C@H]2C1O. The predicted octanol–water partition coefficient (Wildman–Crippen LogP) is 3.36. The monoisotopic (exact) mass is 411 g/mol. The average Bonchev–Trinajstić information content (AvgIpc) is 2.98. The molecule has 1 aromatic carbocycles. The summed E-state index contributed by atoms with van der Waals surface area (Å²) < 4.78 is 17.8. The van der Waals surface area contributed by atoms with Crippen LogP contribution in [0.4, 0.5) is 4.79 Å². The van der Waals surface area contributed by atoms with Gasteiger partial charge in [0.25, 0.3) is 0 Å². The van der Waals surface area contributed by atoms with Gasteiger partial charge in [0.15, 0.2) is 14.4 Å². The van der Waals surface area contributed by atoms with E-state index in [0.717, 1.165) is 4.90 Å². The summed E-state index contributed by atoms with van der Waals surface area (Å²) in [7, 11) is -1.98. The van der Waals surface area contributed by atoms with E-state index in [4.69, 9.17) is 13.9 Å². The molecular weight excluding hydrogens is 382 g/mol. The Morgan fingerprint density at radius 2 is 1.93 bits per heavy atom. The number of hydrogen-bond donors (Lipinski definition) is 2. The number of fused-ring (bicyclic) bond motifs is 1. The quantitative estimate of drug-likeness (QED) is 0.724. The maximum absolute atomic E-state index is 11.8. The number of rotatable bonds is 5. The number of ether oxygens (including phenoxy) is 2. The molecule has 5 atom stereocenters. The van der Waals surface area contributed by atoms with E-state index in [-0.39, 0.29) is 17.1 Å². The maximum Gasteiger partial charge on any atom is 0.408 e. The smallest absolute Gasteiger partial charge is 0.408 e. The molecule has 0 aliphatic carbocycles. The van der Waals surface area contributed by atoms with Crippen LogP contribution >= 0.6 is 11.8 Å². The standard InChI is InChI=1S/C19H29NO5SSi/c1-19(2,3)27(4,5)23-11-13-15(21)16-14(20-18(22)25-16)17(24-13)26-12-9-7-6-8-10-12/h6-10,13-17,21H,11H2,1-5H3,(H,20,22)/t13?,14-,15?,16+,17+/m0/s1. The van der Waals surface area contributed by atoms with Crippen molar-refractivity contribution in [1.29, 1.82) is 0 Å². The second-order valence-corrected chi connectivity index (χ2v) is 14.6. The largest absolute Gasteiger partial charge is 0.441 e. The maximum atomic E-state index is 11.8. The minimum Gasteiger partial charge on any atom is -0.441 e. The molecule has 2 heterocycles. The van der Waals surface area contributed by atoms with Gasteiger partial charge in [0, 0.05) is 4.90 Å². The van der Waals surface area contributed by atoms with Crippen molar-refractivity contribution in [2.75, 3.05) is 6.61 Å². The number of aliphatic hydroxyl groups excluding tert-OH is 1. The molecule has 0 bridgehead atoms. The van der Waals surface area contributed by atoms with Gasteiger partial charge >= 0.3 is 6.09 Å². The Kier molecular flexibility index (Phi) is 5.93. The Balaban J connectivity index is 1.74. The van der Waals surface area contributed by atoms with Crippen LogP contribution in [-0.4, -0.2) is 55.9 Å². The number of carbonyl (C=O) groups excluding carboxylic acids is 1. The molecule has 1 amide bonds. The summed E-state index contributed by atoms with van der Waals surface area (Å²) in [6, 6.07) is 9.45. The number of nitrogens with one attached hydrogen (secondary N) is 1. The van der Waals surface area contributed by atoms with Gasteiger partial charge in [-0.1, -0.05) is 50.7 Å². The molecule has 150 valence electrons. The highest BCUT2D eigenvalue weighted by molar-refractivity contribution is 7.99. The summed E-state index contributed by atoms with van der Waals surface area (Å²) in [5, 5.41) is 13.6. The van der Waals surface area contributed by atoms with Crippen LogP contribution in [0, 0.1) is 0 Å². The van der Waals surface area contributed by atoms with Gasteiger partial charge in [-0.3, -0.25) is 0 Å². The third kappa shape index (κ3) is 4.51. The summed E-state index contributed by atoms with van der Waals surface area (Å²) in [6.45, 7) is 11.1. The first-order valence-corrected chi connectivity index (χ1v) is 13.0. The lowest BCUT2D eigenvalue weighted by Gasteiger charge is -2.42. The first-order chi connectivity index (χ1) is 12.6. The van der Waals surface area contributed by atoms with Gasteiger partial charge in [0.05, 0.1) is 6.61 Å². The van der Waals surface area contributed by atoms with Gasteiger partial charge in [-0.25, -0.2) is 4.79 Å². The molecule has 2 fully saturated rings.